The Morgan fingerprint density at radius 2 is 2.00 bits per heavy atom. The molecule has 1 amide bonds. The molecule has 0 aromatic heterocycles. The Morgan fingerprint density at radius 3 is 2.67 bits per heavy atom. The minimum atomic E-state index is -0.529. The largest absolute Gasteiger partial charge is 0.389 e. The summed E-state index contributed by atoms with van der Waals surface area (Å²) in [5.41, 5.74) is 1.39. The quantitative estimate of drug-likeness (QED) is 0.830. The van der Waals surface area contributed by atoms with Gasteiger partial charge in [0.1, 0.15) is 5.82 Å². The minimum Gasteiger partial charge on any atom is -0.389 e. The number of hydrogen-bond acceptors (Lipinski definition) is 3. The highest BCUT2D eigenvalue weighted by Crippen LogP contribution is 2.22. The van der Waals surface area contributed by atoms with Crippen LogP contribution in [0.1, 0.15) is 18.6 Å². The van der Waals surface area contributed by atoms with Gasteiger partial charge in [-0.2, -0.15) is 0 Å². The molecule has 0 aliphatic carbocycles. The molecular weight excluding hydrogens is 289 g/mol. The van der Waals surface area contributed by atoms with E-state index < -0.39 is 6.10 Å². The molecule has 0 aliphatic heterocycles. The van der Waals surface area contributed by atoms with Crippen LogP contribution in [0.4, 0.5) is 10.1 Å². The Morgan fingerprint density at radius 1 is 1.29 bits per heavy atom. The number of nitrogens with one attached hydrogen (secondary N) is 1. The summed E-state index contributed by atoms with van der Waals surface area (Å²) in [4.78, 5) is 12.7. The van der Waals surface area contributed by atoms with E-state index >= 15 is 0 Å². The van der Waals surface area contributed by atoms with Crippen LogP contribution < -0.4 is 5.32 Å². The lowest BCUT2D eigenvalue weighted by Crippen LogP contribution is -2.13. The molecule has 0 aliphatic rings. The van der Waals surface area contributed by atoms with Crippen LogP contribution in [-0.4, -0.2) is 16.8 Å². The van der Waals surface area contributed by atoms with Crippen molar-refractivity contribution in [3.05, 3.63) is 59.9 Å². The number of carbonyl (C=O) groups is 1. The molecule has 21 heavy (non-hydrogen) atoms. The molecule has 0 radical (unpaired) electrons. The molecule has 2 aromatic rings. The second-order valence-electron chi connectivity index (χ2n) is 4.59. The number of amides is 1. The number of benzene rings is 2. The molecule has 1 atom stereocenters. The molecule has 0 fully saturated rings. The van der Waals surface area contributed by atoms with E-state index in [9.17, 15) is 14.3 Å². The Bertz CT molecular complexity index is 614. The maximum atomic E-state index is 12.8. The van der Waals surface area contributed by atoms with E-state index in [1.807, 2.05) is 24.3 Å². The van der Waals surface area contributed by atoms with Gasteiger partial charge in [-0.15, -0.1) is 11.8 Å². The van der Waals surface area contributed by atoms with Crippen molar-refractivity contribution >= 4 is 23.4 Å². The highest BCUT2D eigenvalue weighted by Gasteiger charge is 2.06. The molecule has 0 spiro atoms. The number of carbonyl (C=O) groups excluding carboxylic acids is 1. The third-order valence-electron chi connectivity index (χ3n) is 2.84. The Balaban J connectivity index is 1.89. The zero-order valence-electron chi connectivity index (χ0n) is 11.5. The second-order valence-corrected chi connectivity index (χ2v) is 5.64. The molecule has 110 valence electrons. The summed E-state index contributed by atoms with van der Waals surface area (Å²) in [6.45, 7) is 1.70. The standard InChI is InChI=1S/C16H16FNO2S/c1-11(19)12-3-2-4-15(9-12)21-10-16(20)18-14-7-5-13(17)6-8-14/h2-9,11,19H,10H2,1H3,(H,18,20). The Kier molecular flexibility index (Phi) is 5.36. The van der Waals surface area contributed by atoms with Crippen molar-refractivity contribution in [3.8, 4) is 0 Å². The maximum absolute atomic E-state index is 12.8. The van der Waals surface area contributed by atoms with Crippen LogP contribution in [-0.2, 0) is 4.79 Å². The second kappa shape index (κ2) is 7.24. The summed E-state index contributed by atoms with van der Waals surface area (Å²) in [6, 6.07) is 13.1. The van der Waals surface area contributed by atoms with Crippen LogP contribution in [0.25, 0.3) is 0 Å². The van der Waals surface area contributed by atoms with E-state index in [1.54, 1.807) is 6.92 Å². The third kappa shape index (κ3) is 4.88. The van der Waals surface area contributed by atoms with Gasteiger partial charge in [-0.25, -0.2) is 4.39 Å². The topological polar surface area (TPSA) is 49.3 Å². The van der Waals surface area contributed by atoms with Gasteiger partial charge in [0.25, 0.3) is 0 Å². The fourth-order valence-electron chi connectivity index (χ4n) is 1.74. The molecule has 2 N–H and O–H groups in total. The van der Waals surface area contributed by atoms with Gasteiger partial charge in [-0.05, 0) is 48.9 Å². The van der Waals surface area contributed by atoms with Crippen molar-refractivity contribution in [2.45, 2.75) is 17.9 Å². The monoisotopic (exact) mass is 305 g/mol. The SMILES string of the molecule is CC(O)c1cccc(SCC(=O)Nc2ccc(F)cc2)c1. The molecule has 0 saturated heterocycles. The summed E-state index contributed by atoms with van der Waals surface area (Å²) in [5, 5.41) is 12.2. The van der Waals surface area contributed by atoms with Crippen LogP contribution in [0.5, 0.6) is 0 Å². The number of rotatable bonds is 5. The molecule has 5 heteroatoms. The van der Waals surface area contributed by atoms with Gasteiger partial charge in [-0.3, -0.25) is 4.79 Å². The smallest absolute Gasteiger partial charge is 0.234 e. The average Bonchev–Trinajstić information content (AvgIpc) is 2.48. The van der Waals surface area contributed by atoms with Crippen LogP contribution >= 0.6 is 11.8 Å². The van der Waals surface area contributed by atoms with Crippen LogP contribution in [0.15, 0.2) is 53.4 Å². The fraction of sp³-hybridized carbons (Fsp3) is 0.188. The van der Waals surface area contributed by atoms with Crippen LogP contribution in [0, 0.1) is 5.82 Å². The lowest BCUT2D eigenvalue weighted by molar-refractivity contribution is -0.113. The molecule has 1 unspecified atom stereocenters. The van der Waals surface area contributed by atoms with E-state index in [4.69, 9.17) is 0 Å². The van der Waals surface area contributed by atoms with Gasteiger partial charge < -0.3 is 10.4 Å². The fourth-order valence-corrected chi connectivity index (χ4v) is 2.51. The van der Waals surface area contributed by atoms with Crippen molar-refractivity contribution in [2.24, 2.45) is 0 Å². The predicted molar refractivity (Wildman–Crippen MR) is 82.8 cm³/mol. The van der Waals surface area contributed by atoms with Gasteiger partial charge in [0, 0.05) is 10.6 Å². The Labute approximate surface area is 127 Å². The summed E-state index contributed by atoms with van der Waals surface area (Å²) in [5.74, 6) is -0.243. The molecule has 0 bridgehead atoms. The molecule has 0 heterocycles. The third-order valence-corrected chi connectivity index (χ3v) is 3.83. The van der Waals surface area contributed by atoms with E-state index in [-0.39, 0.29) is 17.5 Å². The first-order chi connectivity index (χ1) is 10.0. The first kappa shape index (κ1) is 15.5. The van der Waals surface area contributed by atoms with Gasteiger partial charge in [-0.1, -0.05) is 12.1 Å². The number of aliphatic hydroxyl groups is 1. The van der Waals surface area contributed by atoms with Gasteiger partial charge in [0.2, 0.25) is 5.91 Å². The predicted octanol–water partition coefficient (Wildman–Crippen LogP) is 3.61. The van der Waals surface area contributed by atoms with Crippen molar-refractivity contribution in [1.82, 2.24) is 0 Å². The van der Waals surface area contributed by atoms with Crippen molar-refractivity contribution in [3.63, 3.8) is 0 Å². The van der Waals surface area contributed by atoms with Crippen LogP contribution in [0.3, 0.4) is 0 Å². The number of aliphatic hydroxyl groups excluding tert-OH is 1. The molecule has 2 aromatic carbocycles. The van der Waals surface area contributed by atoms with E-state index in [2.05, 4.69) is 5.32 Å². The number of hydrogen-bond donors (Lipinski definition) is 2. The minimum absolute atomic E-state index is 0.158. The van der Waals surface area contributed by atoms with Crippen LogP contribution in [0.2, 0.25) is 0 Å². The van der Waals surface area contributed by atoms with Crippen molar-refractivity contribution in [2.75, 3.05) is 11.1 Å². The normalized spacial score (nSPS) is 12.0. The van der Waals surface area contributed by atoms with Gasteiger partial charge in [0.05, 0.1) is 11.9 Å². The highest BCUT2D eigenvalue weighted by atomic mass is 32.2. The lowest BCUT2D eigenvalue weighted by atomic mass is 10.1. The summed E-state index contributed by atoms with van der Waals surface area (Å²) in [7, 11) is 0. The van der Waals surface area contributed by atoms with Gasteiger partial charge in [0.15, 0.2) is 0 Å². The molecule has 0 saturated carbocycles. The van der Waals surface area contributed by atoms with E-state index in [0.717, 1.165) is 10.5 Å². The first-order valence-electron chi connectivity index (χ1n) is 6.51. The maximum Gasteiger partial charge on any atom is 0.234 e. The molecular formula is C16H16FNO2S. The highest BCUT2D eigenvalue weighted by molar-refractivity contribution is 8.00. The number of thioether (sulfide) groups is 1. The summed E-state index contributed by atoms with van der Waals surface area (Å²) in [6.07, 6.45) is -0.529. The molecule has 2 rings (SSSR count). The number of halogens is 1. The van der Waals surface area contributed by atoms with E-state index in [0.29, 0.717) is 5.69 Å². The summed E-state index contributed by atoms with van der Waals surface area (Å²) >= 11 is 1.39. The first-order valence-corrected chi connectivity index (χ1v) is 7.49. The average molecular weight is 305 g/mol. The zero-order valence-corrected chi connectivity index (χ0v) is 12.4. The van der Waals surface area contributed by atoms with E-state index in [1.165, 1.54) is 36.0 Å². The summed E-state index contributed by atoms with van der Waals surface area (Å²) < 4.78 is 12.8. The molecule has 3 nitrogen and oxygen atoms in total. The van der Waals surface area contributed by atoms with Crippen molar-refractivity contribution in [1.29, 1.82) is 0 Å². The Hall–Kier alpha value is -1.85. The number of anilines is 1. The zero-order chi connectivity index (χ0) is 15.2. The van der Waals surface area contributed by atoms with Gasteiger partial charge >= 0.3 is 0 Å². The van der Waals surface area contributed by atoms with Crippen molar-refractivity contribution < 1.29 is 14.3 Å². The lowest BCUT2D eigenvalue weighted by Gasteiger charge is -2.08.